The maximum atomic E-state index is 11.9. The standard InChI is InChI=1S/C12H22N4O6S/c1-5(13)9(18)14-6(2)10(19)16-8(4-23)11(20)15-7(3-17)12(21)22/h5-8,17,23H,3-4,13H2,1-2H3,(H,14,18)(H,15,20)(H,16,19)(H,21,22). The van der Waals surface area contributed by atoms with E-state index in [1.807, 2.05) is 0 Å². The van der Waals surface area contributed by atoms with Gasteiger partial charge in [-0.25, -0.2) is 4.79 Å². The van der Waals surface area contributed by atoms with Crippen LogP contribution in [0, 0.1) is 0 Å². The first-order valence-corrected chi connectivity index (χ1v) is 7.38. The fraction of sp³-hybridized carbons (Fsp3) is 0.667. The van der Waals surface area contributed by atoms with Gasteiger partial charge < -0.3 is 31.9 Å². The molecule has 0 heterocycles. The Morgan fingerprint density at radius 2 is 1.52 bits per heavy atom. The molecule has 0 radical (unpaired) electrons. The van der Waals surface area contributed by atoms with Gasteiger partial charge in [-0.3, -0.25) is 14.4 Å². The Morgan fingerprint density at radius 3 is 1.91 bits per heavy atom. The molecule has 4 unspecified atom stereocenters. The second-order valence-electron chi connectivity index (χ2n) is 4.84. The van der Waals surface area contributed by atoms with Crippen LogP contribution in [-0.4, -0.2) is 70.4 Å². The third-order valence-electron chi connectivity index (χ3n) is 2.78. The molecule has 132 valence electrons. The van der Waals surface area contributed by atoms with E-state index in [0.29, 0.717) is 0 Å². The van der Waals surface area contributed by atoms with E-state index in [9.17, 15) is 19.2 Å². The zero-order valence-corrected chi connectivity index (χ0v) is 13.7. The molecule has 0 spiro atoms. The number of rotatable bonds is 9. The number of hydrogen-bond donors (Lipinski definition) is 7. The summed E-state index contributed by atoms with van der Waals surface area (Å²) in [6.45, 7) is 2.05. The number of carbonyl (C=O) groups is 4. The summed E-state index contributed by atoms with van der Waals surface area (Å²) in [5.74, 6) is -3.54. The molecule has 0 aromatic rings. The molecule has 3 amide bonds. The maximum absolute atomic E-state index is 11.9. The molecule has 0 fully saturated rings. The average molecular weight is 350 g/mol. The van der Waals surface area contributed by atoms with Crippen molar-refractivity contribution in [3.63, 3.8) is 0 Å². The first-order valence-electron chi connectivity index (χ1n) is 6.75. The molecule has 23 heavy (non-hydrogen) atoms. The van der Waals surface area contributed by atoms with E-state index in [1.54, 1.807) is 0 Å². The smallest absolute Gasteiger partial charge is 0.328 e. The summed E-state index contributed by atoms with van der Waals surface area (Å²) in [7, 11) is 0. The Balaban J connectivity index is 4.68. The van der Waals surface area contributed by atoms with Gasteiger partial charge in [-0.15, -0.1) is 0 Å². The van der Waals surface area contributed by atoms with Gasteiger partial charge in [-0.05, 0) is 13.8 Å². The highest BCUT2D eigenvalue weighted by atomic mass is 32.1. The number of hydrogen-bond acceptors (Lipinski definition) is 7. The number of aliphatic hydroxyl groups is 1. The fourth-order valence-corrected chi connectivity index (χ4v) is 1.62. The van der Waals surface area contributed by atoms with Crippen LogP contribution in [0.25, 0.3) is 0 Å². The predicted octanol–water partition coefficient (Wildman–Crippen LogP) is -3.19. The second-order valence-corrected chi connectivity index (χ2v) is 5.21. The van der Waals surface area contributed by atoms with Crippen molar-refractivity contribution in [3.05, 3.63) is 0 Å². The largest absolute Gasteiger partial charge is 0.480 e. The van der Waals surface area contributed by atoms with E-state index in [2.05, 4.69) is 28.6 Å². The minimum absolute atomic E-state index is 0.108. The van der Waals surface area contributed by atoms with Crippen LogP contribution in [0.2, 0.25) is 0 Å². The van der Waals surface area contributed by atoms with Crippen molar-refractivity contribution < 1.29 is 29.4 Å². The molecule has 0 aliphatic rings. The Hall–Kier alpha value is -1.85. The van der Waals surface area contributed by atoms with Gasteiger partial charge in [0.2, 0.25) is 17.7 Å². The predicted molar refractivity (Wildman–Crippen MR) is 83.7 cm³/mol. The molecule has 7 N–H and O–H groups in total. The summed E-state index contributed by atoms with van der Waals surface area (Å²) in [6, 6.07) is -4.36. The van der Waals surface area contributed by atoms with Crippen LogP contribution >= 0.6 is 12.6 Å². The number of aliphatic carboxylic acids is 1. The lowest BCUT2D eigenvalue weighted by Gasteiger charge is -2.21. The quantitative estimate of drug-likeness (QED) is 0.215. The minimum atomic E-state index is -1.49. The molecule has 10 nitrogen and oxygen atoms in total. The van der Waals surface area contributed by atoms with Crippen LogP contribution in [0.15, 0.2) is 0 Å². The zero-order valence-electron chi connectivity index (χ0n) is 12.8. The van der Waals surface area contributed by atoms with Gasteiger partial charge in [0.1, 0.15) is 18.1 Å². The molecule has 0 aliphatic heterocycles. The summed E-state index contributed by atoms with van der Waals surface area (Å²) < 4.78 is 0. The highest BCUT2D eigenvalue weighted by molar-refractivity contribution is 7.80. The van der Waals surface area contributed by atoms with E-state index in [-0.39, 0.29) is 5.75 Å². The molecular formula is C12H22N4O6S. The molecule has 0 bridgehead atoms. The second kappa shape index (κ2) is 10.0. The molecule has 0 rings (SSSR count). The number of amides is 3. The van der Waals surface area contributed by atoms with Gasteiger partial charge in [0.05, 0.1) is 12.6 Å². The fourth-order valence-electron chi connectivity index (χ4n) is 1.36. The van der Waals surface area contributed by atoms with E-state index in [0.717, 1.165) is 0 Å². The Labute approximate surface area is 138 Å². The number of aliphatic hydroxyl groups excluding tert-OH is 1. The normalized spacial score (nSPS) is 15.7. The molecule has 0 aliphatic carbocycles. The molecule has 0 saturated heterocycles. The summed E-state index contributed by atoms with van der Waals surface area (Å²) in [6.07, 6.45) is 0. The van der Waals surface area contributed by atoms with Crippen molar-refractivity contribution >= 4 is 36.3 Å². The molecule has 4 atom stereocenters. The summed E-state index contributed by atoms with van der Waals surface area (Å²) in [5, 5.41) is 24.4. The lowest BCUT2D eigenvalue weighted by Crippen LogP contribution is -2.57. The molecule has 11 heteroatoms. The number of thiol groups is 1. The van der Waals surface area contributed by atoms with Gasteiger partial charge in [-0.2, -0.15) is 12.6 Å². The van der Waals surface area contributed by atoms with Crippen molar-refractivity contribution in [1.29, 1.82) is 0 Å². The van der Waals surface area contributed by atoms with E-state index in [1.165, 1.54) is 13.8 Å². The van der Waals surface area contributed by atoms with Gasteiger partial charge in [0.15, 0.2) is 0 Å². The number of carboxylic acid groups (broad SMARTS) is 1. The van der Waals surface area contributed by atoms with Crippen molar-refractivity contribution in [2.45, 2.75) is 38.0 Å². The Kier molecular flexibility index (Phi) is 9.22. The maximum Gasteiger partial charge on any atom is 0.328 e. The van der Waals surface area contributed by atoms with Gasteiger partial charge in [0.25, 0.3) is 0 Å². The number of nitrogens with two attached hydrogens (primary N) is 1. The summed E-state index contributed by atoms with van der Waals surface area (Å²) in [5.41, 5.74) is 5.36. The van der Waals surface area contributed by atoms with Gasteiger partial charge in [0, 0.05) is 5.75 Å². The zero-order chi connectivity index (χ0) is 18.2. The molecule has 0 saturated carbocycles. The molecular weight excluding hydrogens is 328 g/mol. The average Bonchev–Trinajstić information content (AvgIpc) is 2.48. The van der Waals surface area contributed by atoms with Crippen molar-refractivity contribution in [1.82, 2.24) is 16.0 Å². The van der Waals surface area contributed by atoms with E-state index in [4.69, 9.17) is 15.9 Å². The van der Waals surface area contributed by atoms with Crippen molar-refractivity contribution in [2.24, 2.45) is 5.73 Å². The highest BCUT2D eigenvalue weighted by Crippen LogP contribution is 1.94. The number of carbonyl (C=O) groups excluding carboxylic acids is 3. The Bertz CT molecular complexity index is 459. The highest BCUT2D eigenvalue weighted by Gasteiger charge is 2.27. The van der Waals surface area contributed by atoms with Gasteiger partial charge in [-0.1, -0.05) is 0 Å². The lowest BCUT2D eigenvalue weighted by molar-refractivity contribution is -0.143. The van der Waals surface area contributed by atoms with Crippen molar-refractivity contribution in [3.8, 4) is 0 Å². The summed E-state index contributed by atoms with van der Waals surface area (Å²) in [4.78, 5) is 46.0. The van der Waals surface area contributed by atoms with Crippen LogP contribution in [0.5, 0.6) is 0 Å². The van der Waals surface area contributed by atoms with Crippen LogP contribution in [0.1, 0.15) is 13.8 Å². The first kappa shape index (κ1) is 21.1. The van der Waals surface area contributed by atoms with E-state index >= 15 is 0 Å². The SMILES string of the molecule is CC(N)C(=O)NC(C)C(=O)NC(CS)C(=O)NC(CO)C(=O)O. The summed E-state index contributed by atoms with van der Waals surface area (Å²) >= 11 is 3.91. The Morgan fingerprint density at radius 1 is 1.00 bits per heavy atom. The van der Waals surface area contributed by atoms with E-state index < -0.39 is 54.5 Å². The number of nitrogens with one attached hydrogen (secondary N) is 3. The lowest BCUT2D eigenvalue weighted by atomic mass is 10.2. The third kappa shape index (κ3) is 7.30. The third-order valence-corrected chi connectivity index (χ3v) is 3.14. The molecule has 0 aromatic carbocycles. The van der Waals surface area contributed by atoms with Crippen molar-refractivity contribution in [2.75, 3.05) is 12.4 Å². The van der Waals surface area contributed by atoms with Crippen LogP contribution < -0.4 is 21.7 Å². The topological polar surface area (TPSA) is 171 Å². The minimum Gasteiger partial charge on any atom is -0.480 e. The van der Waals surface area contributed by atoms with Crippen LogP contribution in [-0.2, 0) is 19.2 Å². The monoisotopic (exact) mass is 350 g/mol. The molecule has 0 aromatic heterocycles. The van der Waals surface area contributed by atoms with Gasteiger partial charge >= 0.3 is 5.97 Å². The van der Waals surface area contributed by atoms with Crippen LogP contribution in [0.4, 0.5) is 0 Å². The number of carboxylic acids is 1. The van der Waals surface area contributed by atoms with Crippen LogP contribution in [0.3, 0.4) is 0 Å². The first-order chi connectivity index (χ1) is 10.6.